The van der Waals surface area contributed by atoms with Gasteiger partial charge in [0.2, 0.25) is 0 Å². The van der Waals surface area contributed by atoms with Crippen LogP contribution < -0.4 is 0 Å². The lowest BCUT2D eigenvalue weighted by Crippen LogP contribution is -2.15. The van der Waals surface area contributed by atoms with Gasteiger partial charge in [0.1, 0.15) is 0 Å². The van der Waals surface area contributed by atoms with Crippen molar-refractivity contribution in [3.63, 3.8) is 0 Å². The van der Waals surface area contributed by atoms with Crippen molar-refractivity contribution in [2.45, 2.75) is 39.5 Å². The summed E-state index contributed by atoms with van der Waals surface area (Å²) in [5, 5.41) is 9.23. The van der Waals surface area contributed by atoms with Crippen LogP contribution in [0, 0.1) is 32.1 Å². The molecule has 0 radical (unpaired) electrons. The van der Waals surface area contributed by atoms with Crippen molar-refractivity contribution in [2.75, 3.05) is 0 Å². The zero-order chi connectivity index (χ0) is 14.3. The lowest BCUT2D eigenvalue weighted by Gasteiger charge is -2.29. The monoisotopic (exact) mass is 261 g/mol. The maximum atomic E-state index is 9.23. The molecule has 100 valence electrons. The van der Waals surface area contributed by atoms with E-state index in [-0.39, 0.29) is 5.92 Å². The second kappa shape index (κ2) is 4.80. The van der Waals surface area contributed by atoms with Crippen LogP contribution in [0.1, 0.15) is 51.3 Å². The molecule has 0 heterocycles. The van der Waals surface area contributed by atoms with Crippen LogP contribution in [0.5, 0.6) is 0 Å². The van der Waals surface area contributed by atoms with Crippen molar-refractivity contribution in [3.8, 4) is 6.07 Å². The van der Waals surface area contributed by atoms with Gasteiger partial charge in [0.15, 0.2) is 0 Å². The van der Waals surface area contributed by atoms with Gasteiger partial charge in [0.05, 0.1) is 6.07 Å². The molecule has 1 heteroatoms. The molecule has 0 spiro atoms. The molecule has 2 aromatic rings. The first-order chi connectivity index (χ1) is 9.60. The fraction of sp³-hybridized carbons (Fsp3) is 0.316. The van der Waals surface area contributed by atoms with E-state index in [1.807, 2.05) is 0 Å². The molecule has 3 rings (SSSR count). The molecule has 0 N–H and O–H groups in total. The summed E-state index contributed by atoms with van der Waals surface area (Å²) in [7, 11) is 0. The van der Waals surface area contributed by atoms with Crippen molar-refractivity contribution in [3.05, 3.63) is 69.3 Å². The van der Waals surface area contributed by atoms with Crippen LogP contribution in [0.2, 0.25) is 0 Å². The Morgan fingerprint density at radius 2 is 1.85 bits per heavy atom. The molecule has 0 saturated carbocycles. The Morgan fingerprint density at radius 3 is 2.60 bits per heavy atom. The Labute approximate surface area is 120 Å². The first kappa shape index (κ1) is 12.9. The van der Waals surface area contributed by atoms with Crippen LogP contribution in [-0.4, -0.2) is 0 Å². The van der Waals surface area contributed by atoms with E-state index in [0.717, 1.165) is 6.42 Å². The highest BCUT2D eigenvalue weighted by Crippen LogP contribution is 2.40. The molecule has 0 bridgehead atoms. The Hall–Kier alpha value is -2.07. The summed E-state index contributed by atoms with van der Waals surface area (Å²) in [5.74, 6) is 0.235. The number of nitrogens with zero attached hydrogens (tertiary/aromatic N) is 1. The van der Waals surface area contributed by atoms with Crippen molar-refractivity contribution in [1.29, 1.82) is 5.26 Å². The third kappa shape index (κ3) is 2.02. The first-order valence-electron chi connectivity index (χ1n) is 7.16. The van der Waals surface area contributed by atoms with Gasteiger partial charge in [-0.05, 0) is 55.0 Å². The standard InChI is InChI=1S/C19H19N/c1-12-4-5-15-11-16-9-13(2)8-14(3)19(16)17(6-7-20)18(15)10-12/h4-5,8-10,17H,6,11H2,1-3H3/t17-/m1/s1. The second-order valence-electron chi connectivity index (χ2n) is 5.95. The molecular formula is C19H19N. The molecule has 1 aliphatic rings. The van der Waals surface area contributed by atoms with E-state index in [2.05, 4.69) is 57.2 Å². The van der Waals surface area contributed by atoms with Gasteiger partial charge in [-0.1, -0.05) is 41.5 Å². The number of fused-ring (bicyclic) bond motifs is 2. The Bertz CT molecular complexity index is 719. The molecule has 0 aromatic heterocycles. The molecule has 20 heavy (non-hydrogen) atoms. The van der Waals surface area contributed by atoms with E-state index in [0.29, 0.717) is 6.42 Å². The minimum atomic E-state index is 0.235. The lowest BCUT2D eigenvalue weighted by atomic mass is 9.74. The number of hydrogen-bond donors (Lipinski definition) is 0. The van der Waals surface area contributed by atoms with E-state index in [4.69, 9.17) is 0 Å². The Morgan fingerprint density at radius 1 is 1.05 bits per heavy atom. The third-order valence-corrected chi connectivity index (χ3v) is 4.32. The van der Waals surface area contributed by atoms with E-state index < -0.39 is 0 Å². The average Bonchev–Trinajstić information content (AvgIpc) is 2.38. The first-order valence-corrected chi connectivity index (χ1v) is 7.16. The smallest absolute Gasteiger partial charge is 0.0631 e. The van der Waals surface area contributed by atoms with Gasteiger partial charge in [-0.3, -0.25) is 0 Å². The third-order valence-electron chi connectivity index (χ3n) is 4.32. The van der Waals surface area contributed by atoms with E-state index in [9.17, 15) is 5.26 Å². The van der Waals surface area contributed by atoms with Crippen LogP contribution in [0.25, 0.3) is 0 Å². The molecular weight excluding hydrogens is 242 g/mol. The molecule has 0 aliphatic heterocycles. The minimum Gasteiger partial charge on any atom is -0.198 e. The van der Waals surface area contributed by atoms with Crippen molar-refractivity contribution in [1.82, 2.24) is 0 Å². The minimum absolute atomic E-state index is 0.235. The average molecular weight is 261 g/mol. The van der Waals surface area contributed by atoms with Gasteiger partial charge in [0.25, 0.3) is 0 Å². The summed E-state index contributed by atoms with van der Waals surface area (Å²) in [6.45, 7) is 6.45. The number of aryl methyl sites for hydroxylation is 3. The maximum Gasteiger partial charge on any atom is 0.0631 e. The van der Waals surface area contributed by atoms with Crippen molar-refractivity contribution >= 4 is 0 Å². The highest BCUT2D eigenvalue weighted by molar-refractivity contribution is 5.54. The van der Waals surface area contributed by atoms with Crippen LogP contribution in [0.3, 0.4) is 0 Å². The number of nitriles is 1. The topological polar surface area (TPSA) is 23.8 Å². The number of hydrogen-bond acceptors (Lipinski definition) is 1. The lowest BCUT2D eigenvalue weighted by molar-refractivity contribution is 0.775. The molecule has 1 nitrogen and oxygen atoms in total. The summed E-state index contributed by atoms with van der Waals surface area (Å²) < 4.78 is 0. The van der Waals surface area contributed by atoms with Gasteiger partial charge in [-0.15, -0.1) is 0 Å². The summed E-state index contributed by atoms with van der Waals surface area (Å²) >= 11 is 0. The molecule has 0 fully saturated rings. The van der Waals surface area contributed by atoms with Crippen LogP contribution in [0.4, 0.5) is 0 Å². The highest BCUT2D eigenvalue weighted by Gasteiger charge is 2.27. The molecule has 2 aromatic carbocycles. The molecule has 0 unspecified atom stereocenters. The van der Waals surface area contributed by atoms with Crippen LogP contribution in [0.15, 0.2) is 30.3 Å². The predicted molar refractivity (Wildman–Crippen MR) is 82.0 cm³/mol. The molecule has 1 aliphatic carbocycles. The van der Waals surface area contributed by atoms with E-state index in [1.165, 1.54) is 38.9 Å². The van der Waals surface area contributed by atoms with Gasteiger partial charge in [-0.25, -0.2) is 0 Å². The van der Waals surface area contributed by atoms with Gasteiger partial charge in [-0.2, -0.15) is 5.26 Å². The Kier molecular flexibility index (Phi) is 3.10. The SMILES string of the molecule is Cc1cc(C)c2c(c1)Cc1ccc(C)cc1[C@H]2CC#N. The van der Waals surface area contributed by atoms with E-state index >= 15 is 0 Å². The van der Waals surface area contributed by atoms with Gasteiger partial charge >= 0.3 is 0 Å². The zero-order valence-electron chi connectivity index (χ0n) is 12.3. The van der Waals surface area contributed by atoms with E-state index in [1.54, 1.807) is 0 Å². The fourth-order valence-electron chi connectivity index (χ4n) is 3.58. The summed E-state index contributed by atoms with van der Waals surface area (Å²) in [6.07, 6.45) is 1.56. The summed E-state index contributed by atoms with van der Waals surface area (Å²) in [6, 6.07) is 13.6. The molecule has 0 amide bonds. The Balaban J connectivity index is 2.24. The predicted octanol–water partition coefficient (Wildman–Crippen LogP) is 4.56. The van der Waals surface area contributed by atoms with Crippen molar-refractivity contribution < 1.29 is 0 Å². The highest BCUT2D eigenvalue weighted by atomic mass is 14.3. The quantitative estimate of drug-likeness (QED) is 0.738. The van der Waals surface area contributed by atoms with Crippen LogP contribution in [-0.2, 0) is 6.42 Å². The molecule has 1 atom stereocenters. The summed E-state index contributed by atoms with van der Waals surface area (Å²) in [5.41, 5.74) is 9.44. The number of benzene rings is 2. The zero-order valence-corrected chi connectivity index (χ0v) is 12.3. The number of rotatable bonds is 1. The second-order valence-corrected chi connectivity index (χ2v) is 5.95. The van der Waals surface area contributed by atoms with Gasteiger partial charge in [0, 0.05) is 12.3 Å². The van der Waals surface area contributed by atoms with Gasteiger partial charge < -0.3 is 0 Å². The largest absolute Gasteiger partial charge is 0.198 e. The summed E-state index contributed by atoms with van der Waals surface area (Å²) in [4.78, 5) is 0. The molecule has 0 saturated heterocycles. The normalized spacial score (nSPS) is 16.2. The van der Waals surface area contributed by atoms with Crippen LogP contribution >= 0.6 is 0 Å². The van der Waals surface area contributed by atoms with Crippen molar-refractivity contribution in [2.24, 2.45) is 0 Å². The fourth-order valence-corrected chi connectivity index (χ4v) is 3.58. The maximum absolute atomic E-state index is 9.23.